The van der Waals surface area contributed by atoms with E-state index in [-0.39, 0.29) is 5.82 Å². The van der Waals surface area contributed by atoms with Gasteiger partial charge in [-0.05, 0) is 85.2 Å². The highest BCUT2D eigenvalue weighted by molar-refractivity contribution is 7.71. The fourth-order valence-corrected chi connectivity index (χ4v) is 6.64. The average Bonchev–Trinajstić information content (AvgIpc) is 2.92. The second-order valence-electron chi connectivity index (χ2n) is 11.5. The van der Waals surface area contributed by atoms with Crippen molar-refractivity contribution in [3.05, 3.63) is 52.0 Å². The maximum atomic E-state index is 15.5. The molecule has 37 heavy (non-hydrogen) atoms. The van der Waals surface area contributed by atoms with Crippen LogP contribution in [0.1, 0.15) is 134 Å². The van der Waals surface area contributed by atoms with E-state index in [1.165, 1.54) is 95.5 Å². The van der Waals surface area contributed by atoms with Gasteiger partial charge in [-0.25, -0.2) is 4.39 Å². The molecule has 1 fully saturated rings. The van der Waals surface area contributed by atoms with Gasteiger partial charge in [0.15, 0.2) is 16.1 Å². The van der Waals surface area contributed by atoms with Crippen molar-refractivity contribution >= 4 is 34.0 Å². The van der Waals surface area contributed by atoms with Gasteiger partial charge in [-0.3, -0.25) is 0 Å². The molecule has 0 aliphatic heterocycles. The summed E-state index contributed by atoms with van der Waals surface area (Å²) in [6, 6.07) is 10.6. The number of rotatable bonds is 14. The van der Waals surface area contributed by atoms with Crippen LogP contribution in [0.2, 0.25) is 0 Å². The van der Waals surface area contributed by atoms with Crippen LogP contribution in [0.25, 0.3) is 21.7 Å². The second kappa shape index (κ2) is 14.4. The number of halogens is 1. The summed E-state index contributed by atoms with van der Waals surface area (Å²) in [6.07, 6.45) is 21.4. The Morgan fingerprint density at radius 3 is 2.14 bits per heavy atom. The Morgan fingerprint density at radius 1 is 0.757 bits per heavy atom. The molecular weight excluding hydrogens is 475 g/mol. The van der Waals surface area contributed by atoms with Crippen molar-refractivity contribution in [3.63, 3.8) is 0 Å². The van der Waals surface area contributed by atoms with E-state index in [1.807, 2.05) is 12.1 Å². The van der Waals surface area contributed by atoms with Crippen LogP contribution in [-0.2, 0) is 6.42 Å². The zero-order valence-corrected chi connectivity index (χ0v) is 24.1. The van der Waals surface area contributed by atoms with E-state index in [2.05, 4.69) is 32.0 Å². The van der Waals surface area contributed by atoms with Gasteiger partial charge in [0.25, 0.3) is 0 Å². The van der Waals surface area contributed by atoms with Gasteiger partial charge >= 0.3 is 0 Å². The third-order valence-electron chi connectivity index (χ3n) is 8.76. The molecule has 0 saturated heterocycles. The number of aryl methyl sites for hydroxylation is 1. The molecule has 1 aliphatic rings. The number of benzene rings is 2. The van der Waals surface area contributed by atoms with Crippen molar-refractivity contribution < 1.29 is 8.81 Å². The summed E-state index contributed by atoms with van der Waals surface area (Å²) in [6.45, 7) is 4.52. The van der Waals surface area contributed by atoms with E-state index >= 15 is 4.39 Å². The van der Waals surface area contributed by atoms with Crippen molar-refractivity contribution in [3.8, 4) is 0 Å². The van der Waals surface area contributed by atoms with Gasteiger partial charge in [-0.2, -0.15) is 0 Å². The van der Waals surface area contributed by atoms with Crippen molar-refractivity contribution in [1.29, 1.82) is 0 Å². The lowest BCUT2D eigenvalue weighted by atomic mass is 9.77. The van der Waals surface area contributed by atoms with Gasteiger partial charge in [0.2, 0.25) is 0 Å². The van der Waals surface area contributed by atoms with Crippen molar-refractivity contribution in [1.82, 2.24) is 0 Å². The van der Waals surface area contributed by atoms with Crippen molar-refractivity contribution in [2.24, 2.45) is 5.92 Å². The van der Waals surface area contributed by atoms with Crippen LogP contribution < -0.4 is 0 Å². The molecule has 1 aliphatic carbocycles. The first kappa shape index (κ1) is 28.3. The second-order valence-corrected chi connectivity index (χ2v) is 11.9. The van der Waals surface area contributed by atoms with Gasteiger partial charge in [0, 0.05) is 10.8 Å². The lowest BCUT2D eigenvalue weighted by molar-refractivity contribution is 0.302. The normalized spacial score (nSPS) is 18.1. The quantitative estimate of drug-likeness (QED) is 0.119. The fourth-order valence-electron chi connectivity index (χ4n) is 6.39. The molecule has 2 aromatic carbocycles. The third kappa shape index (κ3) is 7.43. The van der Waals surface area contributed by atoms with Crippen LogP contribution in [0.15, 0.2) is 34.7 Å². The number of fused-ring (bicyclic) bond motifs is 3. The smallest absolute Gasteiger partial charge is 0.198 e. The van der Waals surface area contributed by atoms with Crippen molar-refractivity contribution in [2.75, 3.05) is 0 Å². The molecule has 1 saturated carbocycles. The third-order valence-corrected chi connectivity index (χ3v) is 9.06. The summed E-state index contributed by atoms with van der Waals surface area (Å²) in [5.74, 6) is 1.28. The lowest BCUT2D eigenvalue weighted by Crippen LogP contribution is -2.13. The molecule has 0 spiro atoms. The summed E-state index contributed by atoms with van der Waals surface area (Å²) in [5.41, 5.74) is 2.45. The number of unbranched alkanes of at least 4 members (excludes halogenated alkanes) is 9. The summed E-state index contributed by atoms with van der Waals surface area (Å²) in [7, 11) is 0. The Bertz CT molecular complexity index is 1190. The first-order chi connectivity index (χ1) is 18.1. The van der Waals surface area contributed by atoms with Crippen molar-refractivity contribution in [2.45, 2.75) is 129 Å². The zero-order chi connectivity index (χ0) is 26.0. The average molecular weight is 523 g/mol. The molecule has 3 aromatic rings. The number of hydrogen-bond acceptors (Lipinski definition) is 2. The molecule has 1 heterocycles. The largest absolute Gasteiger partial charge is 0.441 e. The Balaban J connectivity index is 1.42. The first-order valence-electron chi connectivity index (χ1n) is 15.3. The fraction of sp³-hybridized carbons (Fsp3) is 0.618. The van der Waals surface area contributed by atoms with Crippen LogP contribution >= 0.6 is 12.2 Å². The minimum absolute atomic E-state index is 0.224. The molecule has 0 N–H and O–H groups in total. The molecule has 4 rings (SSSR count). The first-order valence-corrected chi connectivity index (χ1v) is 15.7. The predicted octanol–water partition coefficient (Wildman–Crippen LogP) is 12.0. The standard InChI is InChI=1S/C34H47FOS/c1-3-5-7-9-10-11-13-15-27-20-23-30-29-22-21-28(24-31(29)34(37)36-33(30)32(27)35)26-18-16-25(17-19-26)14-12-8-6-4-2/h20-26H,3-19H2,1-2H3. The molecule has 0 unspecified atom stereocenters. The molecule has 0 amide bonds. The van der Waals surface area contributed by atoms with E-state index in [0.717, 1.165) is 46.9 Å². The maximum Gasteiger partial charge on any atom is 0.198 e. The van der Waals surface area contributed by atoms with Crippen LogP contribution in [0.4, 0.5) is 4.39 Å². The monoisotopic (exact) mass is 522 g/mol. The summed E-state index contributed by atoms with van der Waals surface area (Å²) in [4.78, 5) is 0. The molecule has 1 aromatic heterocycles. The Hall–Kier alpha value is -1.74. The molecule has 1 nitrogen and oxygen atoms in total. The van der Waals surface area contributed by atoms with E-state index < -0.39 is 0 Å². The predicted molar refractivity (Wildman–Crippen MR) is 160 cm³/mol. The summed E-state index contributed by atoms with van der Waals surface area (Å²) in [5, 5.41) is 2.81. The van der Waals surface area contributed by atoms with Crippen LogP contribution in [0, 0.1) is 16.4 Å². The summed E-state index contributed by atoms with van der Waals surface area (Å²) < 4.78 is 21.8. The van der Waals surface area contributed by atoms with E-state index in [4.69, 9.17) is 16.6 Å². The molecule has 0 atom stereocenters. The molecular formula is C34H47FOS. The highest BCUT2D eigenvalue weighted by atomic mass is 32.1. The van der Waals surface area contributed by atoms with Crippen LogP contribution in [-0.4, -0.2) is 0 Å². The van der Waals surface area contributed by atoms with E-state index in [1.54, 1.807) is 0 Å². The SMILES string of the molecule is CCCCCCCCCc1ccc2c(oc(=S)c3cc(C4CCC(CCCCCC)CC4)ccc32)c1F. The highest BCUT2D eigenvalue weighted by Gasteiger charge is 2.23. The van der Waals surface area contributed by atoms with E-state index in [9.17, 15) is 0 Å². The molecule has 3 heteroatoms. The Labute approximate surface area is 229 Å². The highest BCUT2D eigenvalue weighted by Crippen LogP contribution is 2.40. The van der Waals surface area contributed by atoms with Gasteiger partial charge in [-0.15, -0.1) is 0 Å². The lowest BCUT2D eigenvalue weighted by Gasteiger charge is -2.29. The van der Waals surface area contributed by atoms with Crippen LogP contribution in [0.5, 0.6) is 0 Å². The number of hydrogen-bond donors (Lipinski definition) is 0. The van der Waals surface area contributed by atoms with Gasteiger partial charge in [0.05, 0.1) is 0 Å². The molecule has 202 valence electrons. The maximum absolute atomic E-state index is 15.5. The Morgan fingerprint density at radius 2 is 1.41 bits per heavy atom. The topological polar surface area (TPSA) is 13.1 Å². The minimum atomic E-state index is -0.224. The van der Waals surface area contributed by atoms with Gasteiger partial charge in [0.1, 0.15) is 0 Å². The van der Waals surface area contributed by atoms with Gasteiger partial charge < -0.3 is 4.42 Å². The summed E-state index contributed by atoms with van der Waals surface area (Å²) >= 11 is 5.66. The van der Waals surface area contributed by atoms with Crippen LogP contribution in [0.3, 0.4) is 0 Å². The van der Waals surface area contributed by atoms with Gasteiger partial charge in [-0.1, -0.05) is 109 Å². The Kier molecular flexibility index (Phi) is 11.0. The van der Waals surface area contributed by atoms with E-state index in [0.29, 0.717) is 16.2 Å². The zero-order valence-electron chi connectivity index (χ0n) is 23.3. The minimum Gasteiger partial charge on any atom is -0.441 e. The molecule has 0 bridgehead atoms. The molecule has 0 radical (unpaired) electrons.